The highest BCUT2D eigenvalue weighted by Crippen LogP contribution is 2.33. The standard InChI is InChI=1S/C23H28N4S2/c1-24-10-5-11-25-21-15-23(26-20-9-8-18(28-2)14-19(20)21)27-12-13-29-22-7-4-3-6-17(22)16-27/h3-4,6-9,14-15,24H,5,10-13,16H2,1-2H3,(H,25,26). The van der Waals surface area contributed by atoms with Gasteiger partial charge in [0.05, 0.1) is 5.52 Å². The molecule has 0 bridgehead atoms. The number of hydrogen-bond acceptors (Lipinski definition) is 6. The second-order valence-electron chi connectivity index (χ2n) is 7.17. The van der Waals surface area contributed by atoms with Crippen molar-refractivity contribution in [1.29, 1.82) is 0 Å². The smallest absolute Gasteiger partial charge is 0.131 e. The molecule has 2 N–H and O–H groups in total. The zero-order chi connectivity index (χ0) is 20.1. The Bertz CT molecular complexity index is 976. The zero-order valence-electron chi connectivity index (χ0n) is 17.1. The molecule has 0 aliphatic carbocycles. The number of benzene rings is 2. The van der Waals surface area contributed by atoms with Crippen LogP contribution < -0.4 is 15.5 Å². The molecule has 4 rings (SSSR count). The first-order valence-corrected chi connectivity index (χ1v) is 12.3. The Labute approximate surface area is 181 Å². The number of nitrogens with zero attached hydrogens (tertiary/aromatic N) is 2. The molecule has 0 saturated heterocycles. The fourth-order valence-corrected chi connectivity index (χ4v) is 5.10. The fourth-order valence-electron chi connectivity index (χ4n) is 3.64. The number of fused-ring (bicyclic) bond motifs is 2. The summed E-state index contributed by atoms with van der Waals surface area (Å²) in [5, 5.41) is 8.09. The van der Waals surface area contributed by atoms with Gasteiger partial charge in [-0.15, -0.1) is 23.5 Å². The average Bonchev–Trinajstić information content (AvgIpc) is 2.98. The summed E-state index contributed by atoms with van der Waals surface area (Å²) < 4.78 is 0. The van der Waals surface area contributed by atoms with Crippen molar-refractivity contribution in [1.82, 2.24) is 10.3 Å². The van der Waals surface area contributed by atoms with Gasteiger partial charge in [0.2, 0.25) is 0 Å². The van der Waals surface area contributed by atoms with Crippen LogP contribution in [0.15, 0.2) is 58.3 Å². The zero-order valence-corrected chi connectivity index (χ0v) is 18.7. The van der Waals surface area contributed by atoms with Crippen LogP contribution in [0.4, 0.5) is 11.5 Å². The molecular formula is C23H28N4S2. The number of rotatable bonds is 7. The van der Waals surface area contributed by atoms with Crippen molar-refractivity contribution in [2.45, 2.75) is 22.8 Å². The average molecular weight is 425 g/mol. The monoisotopic (exact) mass is 424 g/mol. The summed E-state index contributed by atoms with van der Waals surface area (Å²) in [6.45, 7) is 3.87. The Morgan fingerprint density at radius 1 is 1.14 bits per heavy atom. The van der Waals surface area contributed by atoms with Crippen molar-refractivity contribution in [3.05, 3.63) is 54.1 Å². The number of nitrogens with one attached hydrogen (secondary N) is 2. The normalized spacial score (nSPS) is 13.9. The highest BCUT2D eigenvalue weighted by molar-refractivity contribution is 7.99. The van der Waals surface area contributed by atoms with Crippen molar-refractivity contribution in [3.63, 3.8) is 0 Å². The highest BCUT2D eigenvalue weighted by Gasteiger charge is 2.17. The van der Waals surface area contributed by atoms with E-state index < -0.39 is 0 Å². The summed E-state index contributed by atoms with van der Waals surface area (Å²) in [7, 11) is 2.00. The van der Waals surface area contributed by atoms with Gasteiger partial charge >= 0.3 is 0 Å². The van der Waals surface area contributed by atoms with Crippen molar-refractivity contribution in [2.24, 2.45) is 0 Å². The molecule has 0 unspecified atom stereocenters. The Balaban J connectivity index is 1.68. The summed E-state index contributed by atoms with van der Waals surface area (Å²) in [6, 6.07) is 17.6. The molecule has 3 aromatic rings. The predicted molar refractivity (Wildman–Crippen MR) is 129 cm³/mol. The van der Waals surface area contributed by atoms with Crippen LogP contribution >= 0.6 is 23.5 Å². The van der Waals surface area contributed by atoms with Gasteiger partial charge in [0.15, 0.2) is 0 Å². The first kappa shape index (κ1) is 20.4. The molecule has 1 aliphatic rings. The molecular weight excluding hydrogens is 396 g/mol. The summed E-state index contributed by atoms with van der Waals surface area (Å²) in [4.78, 5) is 10.1. The Morgan fingerprint density at radius 2 is 2.03 bits per heavy atom. The van der Waals surface area contributed by atoms with E-state index >= 15 is 0 Å². The summed E-state index contributed by atoms with van der Waals surface area (Å²) >= 11 is 3.72. The van der Waals surface area contributed by atoms with Gasteiger partial charge in [-0.1, -0.05) is 18.2 Å². The Hall–Kier alpha value is -1.89. The van der Waals surface area contributed by atoms with Crippen LogP contribution in [-0.4, -0.2) is 43.7 Å². The van der Waals surface area contributed by atoms with Crippen LogP contribution in [-0.2, 0) is 6.54 Å². The van der Waals surface area contributed by atoms with Gasteiger partial charge in [0.1, 0.15) is 5.82 Å². The molecule has 2 aromatic carbocycles. The van der Waals surface area contributed by atoms with Crippen LogP contribution in [0.1, 0.15) is 12.0 Å². The van der Waals surface area contributed by atoms with Gasteiger partial charge in [-0.3, -0.25) is 0 Å². The van der Waals surface area contributed by atoms with E-state index in [2.05, 4.69) is 70.3 Å². The lowest BCUT2D eigenvalue weighted by Crippen LogP contribution is -2.25. The quantitative estimate of drug-likeness (QED) is 0.407. The lowest BCUT2D eigenvalue weighted by Gasteiger charge is -2.23. The third-order valence-corrected chi connectivity index (χ3v) is 7.02. The van der Waals surface area contributed by atoms with E-state index in [1.54, 1.807) is 11.8 Å². The third-order valence-electron chi connectivity index (χ3n) is 5.20. The first-order valence-electron chi connectivity index (χ1n) is 10.1. The van der Waals surface area contributed by atoms with Gasteiger partial charge in [0.25, 0.3) is 0 Å². The SMILES string of the molecule is CNCCCNc1cc(N2CCSc3ccccc3C2)nc2ccc(SC)cc12. The van der Waals surface area contributed by atoms with E-state index in [4.69, 9.17) is 4.98 Å². The molecule has 6 heteroatoms. The maximum atomic E-state index is 5.05. The second kappa shape index (κ2) is 9.74. The molecule has 0 amide bonds. The maximum Gasteiger partial charge on any atom is 0.131 e. The molecule has 2 heterocycles. The van der Waals surface area contributed by atoms with Crippen LogP contribution in [0.3, 0.4) is 0 Å². The topological polar surface area (TPSA) is 40.2 Å². The second-order valence-corrected chi connectivity index (χ2v) is 9.19. The van der Waals surface area contributed by atoms with E-state index in [9.17, 15) is 0 Å². The summed E-state index contributed by atoms with van der Waals surface area (Å²) in [5.74, 6) is 2.13. The molecule has 0 atom stereocenters. The minimum absolute atomic E-state index is 0.907. The molecule has 0 spiro atoms. The number of pyridine rings is 1. The van der Waals surface area contributed by atoms with E-state index in [1.807, 2.05) is 18.8 Å². The van der Waals surface area contributed by atoms with Gasteiger partial charge < -0.3 is 15.5 Å². The number of anilines is 2. The number of thioether (sulfide) groups is 2. The maximum absolute atomic E-state index is 5.05. The fraction of sp³-hybridized carbons (Fsp3) is 0.348. The van der Waals surface area contributed by atoms with Crippen molar-refractivity contribution in [3.8, 4) is 0 Å². The molecule has 4 nitrogen and oxygen atoms in total. The first-order chi connectivity index (χ1) is 14.3. The molecule has 0 saturated carbocycles. The molecule has 0 fully saturated rings. The van der Waals surface area contributed by atoms with Crippen molar-refractivity contribution >= 4 is 45.9 Å². The molecule has 29 heavy (non-hydrogen) atoms. The van der Waals surface area contributed by atoms with E-state index in [0.29, 0.717) is 0 Å². The van der Waals surface area contributed by atoms with E-state index in [1.165, 1.54) is 26.4 Å². The number of aromatic nitrogens is 1. The van der Waals surface area contributed by atoms with Crippen LogP contribution in [0.5, 0.6) is 0 Å². The van der Waals surface area contributed by atoms with Crippen LogP contribution in [0.25, 0.3) is 10.9 Å². The van der Waals surface area contributed by atoms with Gasteiger partial charge in [-0.05, 0) is 56.1 Å². The predicted octanol–water partition coefficient (Wildman–Crippen LogP) is 5.09. The van der Waals surface area contributed by atoms with E-state index in [0.717, 1.165) is 49.7 Å². The van der Waals surface area contributed by atoms with Crippen molar-refractivity contribution < 1.29 is 0 Å². The van der Waals surface area contributed by atoms with Crippen LogP contribution in [0, 0.1) is 0 Å². The molecule has 1 aliphatic heterocycles. The van der Waals surface area contributed by atoms with Gasteiger partial charge in [0, 0.05) is 52.3 Å². The largest absolute Gasteiger partial charge is 0.384 e. The Morgan fingerprint density at radius 3 is 2.90 bits per heavy atom. The number of hydrogen-bond donors (Lipinski definition) is 2. The third kappa shape index (κ3) is 4.82. The lowest BCUT2D eigenvalue weighted by molar-refractivity contribution is 0.748. The van der Waals surface area contributed by atoms with Gasteiger partial charge in [-0.25, -0.2) is 4.98 Å². The minimum atomic E-state index is 0.907. The summed E-state index contributed by atoms with van der Waals surface area (Å²) in [5.41, 5.74) is 3.63. The van der Waals surface area contributed by atoms with E-state index in [-0.39, 0.29) is 0 Å². The van der Waals surface area contributed by atoms with Gasteiger partial charge in [-0.2, -0.15) is 0 Å². The van der Waals surface area contributed by atoms with Crippen LogP contribution in [0.2, 0.25) is 0 Å². The summed E-state index contributed by atoms with van der Waals surface area (Å²) in [6.07, 6.45) is 3.21. The Kier molecular flexibility index (Phi) is 6.85. The minimum Gasteiger partial charge on any atom is -0.384 e. The lowest BCUT2D eigenvalue weighted by atomic mass is 10.1. The highest BCUT2D eigenvalue weighted by atomic mass is 32.2. The molecule has 152 valence electrons. The molecule has 0 radical (unpaired) electrons. The molecule has 1 aromatic heterocycles. The van der Waals surface area contributed by atoms with Crippen molar-refractivity contribution in [2.75, 3.05) is 48.9 Å².